The third kappa shape index (κ3) is 6.84. The number of amides is 2. The minimum absolute atomic E-state index is 0.0121. The van der Waals surface area contributed by atoms with Gasteiger partial charge in [0.15, 0.2) is 0 Å². The van der Waals surface area contributed by atoms with Crippen LogP contribution in [-0.4, -0.2) is 17.1 Å². The Bertz CT molecular complexity index is 832. The third-order valence-corrected chi connectivity index (χ3v) is 5.65. The van der Waals surface area contributed by atoms with Gasteiger partial charge >= 0.3 is 0 Å². The van der Waals surface area contributed by atoms with E-state index in [2.05, 4.69) is 10.6 Å². The molecule has 1 atom stereocenters. The molecule has 0 saturated heterocycles. The molecule has 2 aromatic carbocycles. The summed E-state index contributed by atoms with van der Waals surface area (Å²) in [5.74, 6) is -0.728. The Kier molecular flexibility index (Phi) is 8.80. The lowest BCUT2D eigenvalue weighted by Crippen LogP contribution is -2.24. The maximum absolute atomic E-state index is 13.3. The van der Waals surface area contributed by atoms with Crippen molar-refractivity contribution in [2.75, 3.05) is 10.6 Å². The average molecular weight is 423 g/mol. The molecule has 2 amide bonds. The zero-order chi connectivity index (χ0) is 20.5. The van der Waals surface area contributed by atoms with E-state index in [0.717, 1.165) is 17.7 Å². The molecule has 0 saturated carbocycles. The van der Waals surface area contributed by atoms with Crippen molar-refractivity contribution in [1.29, 1.82) is 0 Å². The number of benzene rings is 2. The quantitative estimate of drug-likeness (QED) is 0.479. The second-order valence-corrected chi connectivity index (χ2v) is 8.00. The van der Waals surface area contributed by atoms with Gasteiger partial charge in [0.2, 0.25) is 11.8 Å². The predicted molar refractivity (Wildman–Crippen MR) is 115 cm³/mol. The highest BCUT2D eigenvalue weighted by Crippen LogP contribution is 2.29. The third-order valence-electron chi connectivity index (χ3n) is 4.00. The molecule has 0 bridgehead atoms. The van der Waals surface area contributed by atoms with Crippen LogP contribution >= 0.6 is 23.4 Å². The lowest BCUT2D eigenvalue weighted by molar-refractivity contribution is -0.116. The summed E-state index contributed by atoms with van der Waals surface area (Å²) < 4.78 is 13.3. The van der Waals surface area contributed by atoms with E-state index < -0.39 is 5.82 Å². The van der Waals surface area contributed by atoms with E-state index in [4.69, 9.17) is 11.6 Å². The fourth-order valence-corrected chi connectivity index (χ4v) is 3.68. The van der Waals surface area contributed by atoms with Crippen molar-refractivity contribution in [3.05, 3.63) is 53.3 Å². The molecule has 150 valence electrons. The molecule has 4 nitrogen and oxygen atoms in total. The van der Waals surface area contributed by atoms with Gasteiger partial charge in [-0.1, -0.05) is 37.9 Å². The first kappa shape index (κ1) is 22.2. The van der Waals surface area contributed by atoms with Gasteiger partial charge in [0, 0.05) is 22.7 Å². The monoisotopic (exact) mass is 422 g/mol. The van der Waals surface area contributed by atoms with Crippen LogP contribution in [-0.2, 0) is 9.59 Å². The Balaban J connectivity index is 2.01. The van der Waals surface area contributed by atoms with E-state index >= 15 is 0 Å². The number of rotatable bonds is 9. The average Bonchev–Trinajstić information content (AvgIpc) is 2.67. The number of carbonyl (C=O) groups is 2. The number of unbranched alkanes of at least 4 members (excludes halogenated alkanes) is 1. The van der Waals surface area contributed by atoms with E-state index in [0.29, 0.717) is 24.2 Å². The summed E-state index contributed by atoms with van der Waals surface area (Å²) in [6.45, 7) is 3.96. The number of carbonyl (C=O) groups excluding carboxylic acids is 2. The first-order valence-corrected chi connectivity index (χ1v) is 10.5. The Morgan fingerprint density at radius 3 is 2.54 bits per heavy atom. The first-order chi connectivity index (χ1) is 13.4. The number of thioether (sulfide) groups is 1. The Hall–Kier alpha value is -2.05. The van der Waals surface area contributed by atoms with Crippen LogP contribution in [0.4, 0.5) is 15.8 Å². The summed E-state index contributed by atoms with van der Waals surface area (Å²) in [6.07, 6.45) is 2.92. The molecule has 28 heavy (non-hydrogen) atoms. The second kappa shape index (κ2) is 11.1. The van der Waals surface area contributed by atoms with Crippen molar-refractivity contribution < 1.29 is 14.0 Å². The zero-order valence-electron chi connectivity index (χ0n) is 15.9. The standard InChI is InChI=1S/C21H24ClFN2O2S/c1-3-5-9-20(26)24-14-7-6-8-16(12-14)28-19(4-2)21(27)25-15-10-11-18(23)17(22)13-15/h6-8,10-13,19H,3-5,9H2,1-2H3,(H,24,26)(H,25,27). The molecule has 0 aliphatic heterocycles. The maximum Gasteiger partial charge on any atom is 0.237 e. The van der Waals surface area contributed by atoms with E-state index in [1.165, 1.54) is 30.0 Å². The maximum atomic E-state index is 13.3. The Morgan fingerprint density at radius 1 is 1.11 bits per heavy atom. The Labute approximate surface area is 174 Å². The van der Waals surface area contributed by atoms with Crippen molar-refractivity contribution >= 4 is 46.6 Å². The van der Waals surface area contributed by atoms with Crippen molar-refractivity contribution in [1.82, 2.24) is 0 Å². The van der Waals surface area contributed by atoms with Gasteiger partial charge in [-0.2, -0.15) is 0 Å². The molecular weight excluding hydrogens is 399 g/mol. The molecule has 1 unspecified atom stereocenters. The Morgan fingerprint density at radius 2 is 1.86 bits per heavy atom. The number of nitrogens with one attached hydrogen (secondary N) is 2. The van der Waals surface area contributed by atoms with Gasteiger partial charge in [-0.15, -0.1) is 11.8 Å². The summed E-state index contributed by atoms with van der Waals surface area (Å²) in [6, 6.07) is 11.5. The van der Waals surface area contributed by atoms with Gasteiger partial charge in [-0.05, 0) is 49.2 Å². The molecule has 7 heteroatoms. The predicted octanol–water partition coefficient (Wildman–Crippen LogP) is 6.12. The molecule has 2 N–H and O–H groups in total. The first-order valence-electron chi connectivity index (χ1n) is 9.25. The van der Waals surface area contributed by atoms with Gasteiger partial charge in [0.1, 0.15) is 5.82 Å². The SMILES string of the molecule is CCCCC(=O)Nc1cccc(SC(CC)C(=O)Nc2ccc(F)c(Cl)c2)c1. The minimum atomic E-state index is -0.529. The highest BCUT2D eigenvalue weighted by atomic mass is 35.5. The lowest BCUT2D eigenvalue weighted by Gasteiger charge is -2.16. The van der Waals surface area contributed by atoms with Crippen molar-refractivity contribution in [3.8, 4) is 0 Å². The number of hydrogen-bond acceptors (Lipinski definition) is 3. The van der Waals surface area contributed by atoms with Crippen molar-refractivity contribution in [2.45, 2.75) is 49.7 Å². The summed E-state index contributed by atoms with van der Waals surface area (Å²) in [7, 11) is 0. The van der Waals surface area contributed by atoms with E-state index in [1.807, 2.05) is 38.1 Å². The highest BCUT2D eigenvalue weighted by molar-refractivity contribution is 8.00. The van der Waals surface area contributed by atoms with E-state index in [9.17, 15) is 14.0 Å². The van der Waals surface area contributed by atoms with Gasteiger partial charge < -0.3 is 10.6 Å². The van der Waals surface area contributed by atoms with E-state index in [-0.39, 0.29) is 22.1 Å². The van der Waals surface area contributed by atoms with Gasteiger partial charge in [0.25, 0.3) is 0 Å². The van der Waals surface area contributed by atoms with Crippen molar-refractivity contribution in [2.24, 2.45) is 0 Å². The smallest absolute Gasteiger partial charge is 0.237 e. The zero-order valence-corrected chi connectivity index (χ0v) is 17.5. The topological polar surface area (TPSA) is 58.2 Å². The minimum Gasteiger partial charge on any atom is -0.326 e. The van der Waals surface area contributed by atoms with Crippen LogP contribution in [0.5, 0.6) is 0 Å². The molecule has 2 aromatic rings. The summed E-state index contributed by atoms with van der Waals surface area (Å²) >= 11 is 7.18. The van der Waals surface area contributed by atoms with Crippen LogP contribution in [0.1, 0.15) is 39.5 Å². The van der Waals surface area contributed by atoms with Crippen molar-refractivity contribution in [3.63, 3.8) is 0 Å². The second-order valence-electron chi connectivity index (χ2n) is 6.31. The number of halogens is 2. The van der Waals surface area contributed by atoms with Crippen LogP contribution in [0.25, 0.3) is 0 Å². The van der Waals surface area contributed by atoms with Gasteiger partial charge in [-0.25, -0.2) is 4.39 Å². The number of anilines is 2. The van der Waals surface area contributed by atoms with Crippen LogP contribution in [0, 0.1) is 5.82 Å². The van der Waals surface area contributed by atoms with Crippen LogP contribution in [0.2, 0.25) is 5.02 Å². The molecule has 0 aliphatic carbocycles. The fourth-order valence-electron chi connectivity index (χ4n) is 2.49. The van der Waals surface area contributed by atoms with Gasteiger partial charge in [-0.3, -0.25) is 9.59 Å². The van der Waals surface area contributed by atoms with Crippen LogP contribution < -0.4 is 10.6 Å². The summed E-state index contributed by atoms with van der Waals surface area (Å²) in [4.78, 5) is 25.4. The molecule has 0 aliphatic rings. The molecule has 2 rings (SSSR count). The lowest BCUT2D eigenvalue weighted by atomic mass is 10.2. The molecule has 0 radical (unpaired) electrons. The van der Waals surface area contributed by atoms with Gasteiger partial charge in [0.05, 0.1) is 10.3 Å². The van der Waals surface area contributed by atoms with Crippen LogP contribution in [0.3, 0.4) is 0 Å². The largest absolute Gasteiger partial charge is 0.326 e. The summed E-state index contributed by atoms with van der Waals surface area (Å²) in [5, 5.41) is 5.28. The molecular formula is C21H24ClFN2O2S. The molecule has 0 aromatic heterocycles. The summed E-state index contributed by atoms with van der Waals surface area (Å²) in [5.41, 5.74) is 1.17. The molecule has 0 spiro atoms. The highest BCUT2D eigenvalue weighted by Gasteiger charge is 2.19. The number of hydrogen-bond donors (Lipinski definition) is 2. The van der Waals surface area contributed by atoms with E-state index in [1.54, 1.807) is 0 Å². The molecule has 0 heterocycles. The normalized spacial score (nSPS) is 11.7. The fraction of sp³-hybridized carbons (Fsp3) is 0.333. The molecule has 0 fully saturated rings. The van der Waals surface area contributed by atoms with Crippen LogP contribution in [0.15, 0.2) is 47.4 Å².